The van der Waals surface area contributed by atoms with Crippen molar-refractivity contribution in [1.82, 2.24) is 0 Å². The third-order valence-corrected chi connectivity index (χ3v) is 2.81. The maximum Gasteiger partial charge on any atom is 0.411 e. The minimum Gasteiger partial charge on any atom is -0.495 e. The molecule has 0 radical (unpaired) electrons. The van der Waals surface area contributed by atoms with Gasteiger partial charge in [0.1, 0.15) is 12.4 Å². The lowest BCUT2D eigenvalue weighted by Crippen LogP contribution is -2.13. The number of nitrogens with one attached hydrogen (secondary N) is 1. The highest BCUT2D eigenvalue weighted by molar-refractivity contribution is 5.85. The first-order valence-corrected chi connectivity index (χ1v) is 6.35. The first-order valence-electron chi connectivity index (χ1n) is 6.35. The number of terminal acetylenes is 1. The van der Waals surface area contributed by atoms with Gasteiger partial charge in [-0.25, -0.2) is 4.79 Å². The summed E-state index contributed by atoms with van der Waals surface area (Å²) in [6.45, 7) is 0.213. The fourth-order valence-corrected chi connectivity index (χ4v) is 1.78. The lowest BCUT2D eigenvalue weighted by molar-refractivity contribution is 0.155. The van der Waals surface area contributed by atoms with Crippen LogP contribution in [-0.4, -0.2) is 13.2 Å². The molecule has 106 valence electrons. The summed E-state index contributed by atoms with van der Waals surface area (Å²) in [5, 5.41) is 2.63. The van der Waals surface area contributed by atoms with E-state index in [9.17, 15) is 4.79 Å². The average Bonchev–Trinajstić information content (AvgIpc) is 2.53. The topological polar surface area (TPSA) is 47.6 Å². The summed E-state index contributed by atoms with van der Waals surface area (Å²) in [7, 11) is 1.54. The Morgan fingerprint density at radius 1 is 1.24 bits per heavy atom. The van der Waals surface area contributed by atoms with Gasteiger partial charge in [0, 0.05) is 5.69 Å². The molecule has 21 heavy (non-hydrogen) atoms. The number of carbonyl (C=O) groups excluding carboxylic acids is 1. The SMILES string of the molecule is C#Cc1cc(NC(=O)OCc2ccccc2)ccc1OC. The summed E-state index contributed by atoms with van der Waals surface area (Å²) in [6.07, 6.45) is 4.85. The molecule has 0 fully saturated rings. The van der Waals surface area contributed by atoms with Crippen LogP contribution in [0.25, 0.3) is 0 Å². The molecule has 0 saturated carbocycles. The second kappa shape index (κ2) is 7.01. The summed E-state index contributed by atoms with van der Waals surface area (Å²) in [4.78, 5) is 11.7. The molecule has 0 aliphatic heterocycles. The zero-order valence-corrected chi connectivity index (χ0v) is 11.6. The maximum absolute atomic E-state index is 11.7. The van der Waals surface area contributed by atoms with Crippen molar-refractivity contribution in [2.75, 3.05) is 12.4 Å². The van der Waals surface area contributed by atoms with Crippen LogP contribution < -0.4 is 10.1 Å². The lowest BCUT2D eigenvalue weighted by Gasteiger charge is -2.09. The fraction of sp³-hybridized carbons (Fsp3) is 0.118. The average molecular weight is 281 g/mol. The van der Waals surface area contributed by atoms with Crippen molar-refractivity contribution < 1.29 is 14.3 Å². The van der Waals surface area contributed by atoms with E-state index in [1.165, 1.54) is 7.11 Å². The Hall–Kier alpha value is -2.93. The number of methoxy groups -OCH3 is 1. The summed E-state index contributed by atoms with van der Waals surface area (Å²) < 4.78 is 10.2. The van der Waals surface area contributed by atoms with Gasteiger partial charge >= 0.3 is 6.09 Å². The lowest BCUT2D eigenvalue weighted by atomic mass is 10.2. The van der Waals surface area contributed by atoms with Crippen LogP contribution in [-0.2, 0) is 11.3 Å². The number of rotatable bonds is 4. The van der Waals surface area contributed by atoms with Gasteiger partial charge in [-0.2, -0.15) is 0 Å². The highest BCUT2D eigenvalue weighted by Gasteiger charge is 2.06. The van der Waals surface area contributed by atoms with Crippen molar-refractivity contribution in [1.29, 1.82) is 0 Å². The van der Waals surface area contributed by atoms with E-state index in [1.807, 2.05) is 30.3 Å². The van der Waals surface area contributed by atoms with E-state index >= 15 is 0 Å². The van der Waals surface area contributed by atoms with Gasteiger partial charge in [0.25, 0.3) is 0 Å². The van der Waals surface area contributed by atoms with Crippen LogP contribution in [0, 0.1) is 12.3 Å². The Labute approximate surface area is 123 Å². The Balaban J connectivity index is 1.95. The van der Waals surface area contributed by atoms with Gasteiger partial charge in [-0.05, 0) is 23.8 Å². The predicted octanol–water partition coefficient (Wildman–Crippen LogP) is 3.43. The summed E-state index contributed by atoms with van der Waals surface area (Å²) in [5.74, 6) is 3.08. The molecule has 2 rings (SSSR count). The van der Waals surface area contributed by atoms with E-state index in [0.717, 1.165) is 5.56 Å². The van der Waals surface area contributed by atoms with E-state index in [1.54, 1.807) is 18.2 Å². The minimum atomic E-state index is -0.535. The number of benzene rings is 2. The Bertz CT molecular complexity index is 659. The predicted molar refractivity (Wildman–Crippen MR) is 81.2 cm³/mol. The molecule has 0 atom stereocenters. The number of carbonyl (C=O) groups is 1. The summed E-state index contributed by atoms with van der Waals surface area (Å²) in [5.41, 5.74) is 2.05. The minimum absolute atomic E-state index is 0.213. The largest absolute Gasteiger partial charge is 0.495 e. The third kappa shape index (κ3) is 4.02. The highest BCUT2D eigenvalue weighted by Crippen LogP contribution is 2.21. The van der Waals surface area contributed by atoms with Crippen LogP contribution in [0.3, 0.4) is 0 Å². The van der Waals surface area contributed by atoms with Gasteiger partial charge in [0.05, 0.1) is 12.7 Å². The molecule has 0 aromatic heterocycles. The van der Waals surface area contributed by atoms with E-state index in [-0.39, 0.29) is 6.61 Å². The van der Waals surface area contributed by atoms with Crippen molar-refractivity contribution in [3.63, 3.8) is 0 Å². The van der Waals surface area contributed by atoms with Crippen LogP contribution in [0.2, 0.25) is 0 Å². The number of hydrogen-bond donors (Lipinski definition) is 1. The number of amides is 1. The molecule has 0 aliphatic carbocycles. The van der Waals surface area contributed by atoms with E-state index < -0.39 is 6.09 Å². The van der Waals surface area contributed by atoms with Crippen molar-refractivity contribution in [2.24, 2.45) is 0 Å². The molecule has 0 bridgehead atoms. The summed E-state index contributed by atoms with van der Waals surface area (Å²) >= 11 is 0. The van der Waals surface area contributed by atoms with Gasteiger partial charge in [0.2, 0.25) is 0 Å². The molecule has 0 aliphatic rings. The van der Waals surface area contributed by atoms with Crippen LogP contribution >= 0.6 is 0 Å². The monoisotopic (exact) mass is 281 g/mol. The second-order valence-electron chi connectivity index (χ2n) is 4.25. The first-order chi connectivity index (χ1) is 10.2. The molecule has 1 N–H and O–H groups in total. The molecular formula is C17H15NO3. The van der Waals surface area contributed by atoms with Crippen molar-refractivity contribution in [2.45, 2.75) is 6.61 Å². The first kappa shape index (κ1) is 14.5. The summed E-state index contributed by atoms with van der Waals surface area (Å²) in [6, 6.07) is 14.5. The molecule has 0 saturated heterocycles. The molecular weight excluding hydrogens is 266 g/mol. The third-order valence-electron chi connectivity index (χ3n) is 2.81. The van der Waals surface area contributed by atoms with Gasteiger partial charge in [0.15, 0.2) is 0 Å². The Kier molecular flexibility index (Phi) is 4.84. The van der Waals surface area contributed by atoms with Gasteiger partial charge < -0.3 is 9.47 Å². The maximum atomic E-state index is 11.7. The zero-order chi connectivity index (χ0) is 15.1. The molecule has 0 unspecified atom stereocenters. The number of anilines is 1. The van der Waals surface area contributed by atoms with E-state index in [4.69, 9.17) is 15.9 Å². The van der Waals surface area contributed by atoms with Crippen LogP contribution in [0.1, 0.15) is 11.1 Å². The normalized spacial score (nSPS) is 9.52. The van der Waals surface area contributed by atoms with Gasteiger partial charge in [-0.3, -0.25) is 5.32 Å². The molecule has 2 aromatic carbocycles. The molecule has 0 spiro atoms. The van der Waals surface area contributed by atoms with Crippen molar-refractivity contribution in [3.05, 3.63) is 59.7 Å². The van der Waals surface area contributed by atoms with E-state index in [0.29, 0.717) is 17.0 Å². The van der Waals surface area contributed by atoms with Gasteiger partial charge in [-0.1, -0.05) is 36.3 Å². The van der Waals surface area contributed by atoms with Crippen molar-refractivity contribution >= 4 is 11.8 Å². The Morgan fingerprint density at radius 2 is 2.00 bits per heavy atom. The number of ether oxygens (including phenoxy) is 2. The quantitative estimate of drug-likeness (QED) is 0.873. The molecule has 4 nitrogen and oxygen atoms in total. The molecule has 2 aromatic rings. The smallest absolute Gasteiger partial charge is 0.411 e. The molecule has 1 amide bonds. The van der Waals surface area contributed by atoms with Gasteiger partial charge in [-0.15, -0.1) is 6.42 Å². The molecule has 4 heteroatoms. The zero-order valence-electron chi connectivity index (χ0n) is 11.6. The molecule has 0 heterocycles. The van der Waals surface area contributed by atoms with E-state index in [2.05, 4.69) is 11.2 Å². The Morgan fingerprint density at radius 3 is 2.67 bits per heavy atom. The van der Waals surface area contributed by atoms with Crippen LogP contribution in [0.5, 0.6) is 5.75 Å². The standard InChI is InChI=1S/C17H15NO3/c1-3-14-11-15(9-10-16(14)20-2)18-17(19)21-12-13-7-5-4-6-8-13/h1,4-11H,12H2,2H3,(H,18,19). The fourth-order valence-electron chi connectivity index (χ4n) is 1.78. The second-order valence-corrected chi connectivity index (χ2v) is 4.25. The van der Waals surface area contributed by atoms with Crippen LogP contribution in [0.15, 0.2) is 48.5 Å². The number of hydrogen-bond acceptors (Lipinski definition) is 3. The highest BCUT2D eigenvalue weighted by atomic mass is 16.5. The van der Waals surface area contributed by atoms with Crippen molar-refractivity contribution in [3.8, 4) is 18.1 Å². The van der Waals surface area contributed by atoms with Crippen LogP contribution in [0.4, 0.5) is 10.5 Å².